The second-order valence-corrected chi connectivity index (χ2v) is 5.90. The van der Waals surface area contributed by atoms with E-state index < -0.39 is 9.84 Å². The molecule has 0 aliphatic heterocycles. The summed E-state index contributed by atoms with van der Waals surface area (Å²) in [5.74, 6) is 0. The monoisotopic (exact) mass is 247 g/mol. The molecule has 0 spiro atoms. The molecule has 1 aromatic heterocycles. The Morgan fingerprint density at radius 1 is 0.941 bits per heavy atom. The first-order chi connectivity index (χ1) is 8.00. The van der Waals surface area contributed by atoms with Gasteiger partial charge in [-0.05, 0) is 38.1 Å². The number of sulfone groups is 1. The van der Waals surface area contributed by atoms with Crippen LogP contribution in [0.25, 0.3) is 0 Å². The number of pyridine rings is 1. The Morgan fingerprint density at radius 2 is 1.59 bits per heavy atom. The van der Waals surface area contributed by atoms with Gasteiger partial charge in [-0.25, -0.2) is 8.42 Å². The minimum atomic E-state index is -3.42. The zero-order valence-electron chi connectivity index (χ0n) is 9.71. The Hall–Kier alpha value is -1.68. The van der Waals surface area contributed by atoms with Gasteiger partial charge in [-0.15, -0.1) is 0 Å². The molecule has 17 heavy (non-hydrogen) atoms. The van der Waals surface area contributed by atoms with Gasteiger partial charge in [0.1, 0.15) is 0 Å². The molecular formula is C13H13NO2S. The van der Waals surface area contributed by atoms with Crippen molar-refractivity contribution in [3.8, 4) is 0 Å². The fourth-order valence-electron chi connectivity index (χ4n) is 1.54. The normalized spacial score (nSPS) is 11.4. The number of hydrogen-bond donors (Lipinski definition) is 0. The van der Waals surface area contributed by atoms with Crippen molar-refractivity contribution in [3.63, 3.8) is 0 Å². The van der Waals surface area contributed by atoms with Crippen LogP contribution in [0, 0.1) is 13.8 Å². The van der Waals surface area contributed by atoms with Crippen molar-refractivity contribution in [3.05, 3.63) is 53.9 Å². The molecule has 88 valence electrons. The van der Waals surface area contributed by atoms with Crippen molar-refractivity contribution in [2.75, 3.05) is 0 Å². The number of aromatic nitrogens is 1. The van der Waals surface area contributed by atoms with Gasteiger partial charge in [-0.3, -0.25) is 4.98 Å². The predicted octanol–water partition coefficient (Wildman–Crippen LogP) is 2.53. The van der Waals surface area contributed by atoms with Gasteiger partial charge < -0.3 is 0 Å². The quantitative estimate of drug-likeness (QED) is 0.819. The minimum absolute atomic E-state index is 0.286. The molecule has 4 heteroatoms. The first-order valence-electron chi connectivity index (χ1n) is 5.24. The third-order valence-corrected chi connectivity index (χ3v) is 4.28. The summed E-state index contributed by atoms with van der Waals surface area (Å²) >= 11 is 0. The average molecular weight is 247 g/mol. The fraction of sp³-hybridized carbons (Fsp3) is 0.154. The number of aryl methyl sites for hydroxylation is 2. The van der Waals surface area contributed by atoms with E-state index in [1.165, 1.54) is 12.3 Å². The highest BCUT2D eigenvalue weighted by Crippen LogP contribution is 2.20. The van der Waals surface area contributed by atoms with Crippen molar-refractivity contribution >= 4 is 9.84 Å². The third kappa shape index (κ3) is 2.36. The summed E-state index contributed by atoms with van der Waals surface area (Å²) in [6.07, 6.45) is 1.51. The molecule has 3 nitrogen and oxygen atoms in total. The highest BCUT2D eigenvalue weighted by Gasteiger charge is 2.17. The van der Waals surface area contributed by atoms with Crippen LogP contribution < -0.4 is 0 Å². The molecule has 0 aliphatic rings. The van der Waals surface area contributed by atoms with Crippen molar-refractivity contribution in [1.29, 1.82) is 0 Å². The van der Waals surface area contributed by atoms with E-state index in [4.69, 9.17) is 0 Å². The van der Waals surface area contributed by atoms with Gasteiger partial charge in [0.15, 0.2) is 0 Å². The summed E-state index contributed by atoms with van der Waals surface area (Å²) in [5, 5.41) is 0. The maximum absolute atomic E-state index is 12.3. The second-order valence-electron chi connectivity index (χ2n) is 3.95. The van der Waals surface area contributed by atoms with E-state index in [9.17, 15) is 8.42 Å². The van der Waals surface area contributed by atoms with Crippen molar-refractivity contribution < 1.29 is 8.42 Å². The molecule has 0 bridgehead atoms. The number of rotatable bonds is 2. The van der Waals surface area contributed by atoms with Crippen LogP contribution in [-0.2, 0) is 9.84 Å². The Labute approximate surface area is 101 Å². The van der Waals surface area contributed by atoms with Crippen LogP contribution in [0.3, 0.4) is 0 Å². The summed E-state index contributed by atoms with van der Waals surface area (Å²) in [7, 11) is -3.42. The van der Waals surface area contributed by atoms with Gasteiger partial charge in [0, 0.05) is 11.9 Å². The number of hydrogen-bond acceptors (Lipinski definition) is 3. The number of benzene rings is 1. The van der Waals surface area contributed by atoms with Crippen molar-refractivity contribution in [2.45, 2.75) is 23.6 Å². The van der Waals surface area contributed by atoms with E-state index in [2.05, 4.69) is 4.98 Å². The molecule has 0 atom stereocenters. The zero-order valence-corrected chi connectivity index (χ0v) is 10.5. The molecule has 0 unspecified atom stereocenters. The van der Waals surface area contributed by atoms with E-state index in [0.29, 0.717) is 10.6 Å². The average Bonchev–Trinajstić information content (AvgIpc) is 2.29. The van der Waals surface area contributed by atoms with E-state index in [1.54, 1.807) is 37.3 Å². The predicted molar refractivity (Wildman–Crippen MR) is 65.6 cm³/mol. The van der Waals surface area contributed by atoms with Gasteiger partial charge in [-0.2, -0.15) is 0 Å². The summed E-state index contributed by atoms with van der Waals surface area (Å²) in [4.78, 5) is 4.60. The van der Waals surface area contributed by atoms with Crippen LogP contribution in [0.2, 0.25) is 0 Å². The lowest BCUT2D eigenvalue weighted by Crippen LogP contribution is -2.02. The Bertz CT molecular complexity index is 631. The highest BCUT2D eigenvalue weighted by atomic mass is 32.2. The molecule has 0 saturated carbocycles. The molecule has 0 amide bonds. The van der Waals surface area contributed by atoms with Gasteiger partial charge in [0.05, 0.1) is 9.79 Å². The lowest BCUT2D eigenvalue weighted by Gasteiger charge is -2.05. The van der Waals surface area contributed by atoms with Crippen molar-refractivity contribution in [2.24, 2.45) is 0 Å². The van der Waals surface area contributed by atoms with Gasteiger partial charge in [0.25, 0.3) is 0 Å². The summed E-state index contributed by atoms with van der Waals surface area (Å²) < 4.78 is 24.5. The van der Waals surface area contributed by atoms with E-state index in [-0.39, 0.29) is 4.90 Å². The summed E-state index contributed by atoms with van der Waals surface area (Å²) in [6, 6.07) is 9.93. The smallest absolute Gasteiger partial charge is 0.206 e. The maximum Gasteiger partial charge on any atom is 0.206 e. The van der Waals surface area contributed by atoms with E-state index in [0.717, 1.165) is 5.56 Å². The molecule has 2 aromatic rings. The zero-order chi connectivity index (χ0) is 12.5. The third-order valence-electron chi connectivity index (χ3n) is 2.51. The first-order valence-corrected chi connectivity index (χ1v) is 6.73. The van der Waals surface area contributed by atoms with E-state index >= 15 is 0 Å². The topological polar surface area (TPSA) is 47.0 Å². The van der Waals surface area contributed by atoms with Crippen LogP contribution in [0.5, 0.6) is 0 Å². The summed E-state index contributed by atoms with van der Waals surface area (Å²) in [5.41, 5.74) is 1.73. The lowest BCUT2D eigenvalue weighted by molar-refractivity contribution is 0.596. The largest absolute Gasteiger partial charge is 0.262 e. The van der Waals surface area contributed by atoms with Crippen molar-refractivity contribution in [1.82, 2.24) is 4.98 Å². The van der Waals surface area contributed by atoms with Gasteiger partial charge in [-0.1, -0.05) is 17.7 Å². The summed E-state index contributed by atoms with van der Waals surface area (Å²) in [6.45, 7) is 3.70. The SMILES string of the molecule is Cc1ccc(S(=O)(=O)c2ccnc(C)c2)cc1. The molecule has 2 rings (SSSR count). The molecule has 1 heterocycles. The fourth-order valence-corrected chi connectivity index (χ4v) is 2.87. The Kier molecular flexibility index (Phi) is 2.98. The van der Waals surface area contributed by atoms with Crippen LogP contribution in [0.15, 0.2) is 52.4 Å². The molecular weight excluding hydrogens is 234 g/mol. The van der Waals surface area contributed by atoms with E-state index in [1.807, 2.05) is 6.92 Å². The Morgan fingerprint density at radius 3 is 2.18 bits per heavy atom. The molecule has 0 N–H and O–H groups in total. The molecule has 0 fully saturated rings. The highest BCUT2D eigenvalue weighted by molar-refractivity contribution is 7.91. The second kappa shape index (κ2) is 4.30. The van der Waals surface area contributed by atoms with Gasteiger partial charge >= 0.3 is 0 Å². The first kappa shape index (κ1) is 11.8. The van der Waals surface area contributed by atoms with Crippen LogP contribution in [0.1, 0.15) is 11.3 Å². The molecule has 0 radical (unpaired) electrons. The lowest BCUT2D eigenvalue weighted by atomic mass is 10.2. The van der Waals surface area contributed by atoms with Crippen LogP contribution in [-0.4, -0.2) is 13.4 Å². The number of nitrogens with zero attached hydrogens (tertiary/aromatic N) is 1. The maximum atomic E-state index is 12.3. The van der Waals surface area contributed by atoms with Gasteiger partial charge in [0.2, 0.25) is 9.84 Å². The standard InChI is InChI=1S/C13H13NO2S/c1-10-3-5-12(6-4-10)17(15,16)13-7-8-14-11(2)9-13/h3-9H,1-2H3. The molecule has 0 saturated heterocycles. The van der Waals surface area contributed by atoms with Crippen LogP contribution in [0.4, 0.5) is 0 Å². The Balaban J connectivity index is 2.54. The minimum Gasteiger partial charge on any atom is -0.262 e. The van der Waals surface area contributed by atoms with Crippen LogP contribution >= 0.6 is 0 Å². The molecule has 1 aromatic carbocycles. The molecule has 0 aliphatic carbocycles.